The Balaban J connectivity index is 1.33. The van der Waals surface area contributed by atoms with E-state index in [0.717, 1.165) is 25.8 Å². The summed E-state index contributed by atoms with van der Waals surface area (Å²) in [4.78, 5) is 15.0. The Morgan fingerprint density at radius 1 is 1.13 bits per heavy atom. The average molecular weight is 428 g/mol. The molecule has 1 N–H and O–H groups in total. The van der Waals surface area contributed by atoms with Crippen LogP contribution in [-0.4, -0.2) is 45.8 Å². The average Bonchev–Trinajstić information content (AvgIpc) is 3.06. The van der Waals surface area contributed by atoms with Crippen LogP contribution in [0.1, 0.15) is 42.1 Å². The lowest BCUT2D eigenvalue weighted by molar-refractivity contribution is 0.0953. The van der Waals surface area contributed by atoms with Crippen LogP contribution in [0.25, 0.3) is 0 Å². The highest BCUT2D eigenvalue weighted by Crippen LogP contribution is 2.31. The molecule has 2 aromatic rings. The molecule has 1 fully saturated rings. The minimum absolute atomic E-state index is 0.166. The van der Waals surface area contributed by atoms with Gasteiger partial charge < -0.3 is 10.2 Å². The van der Waals surface area contributed by atoms with Gasteiger partial charge in [0, 0.05) is 36.9 Å². The van der Waals surface area contributed by atoms with Crippen LogP contribution < -0.4 is 14.5 Å². The fraction of sp³-hybridized carbons (Fsp3) is 0.435. The van der Waals surface area contributed by atoms with Crippen molar-refractivity contribution in [2.45, 2.75) is 38.6 Å². The van der Waals surface area contributed by atoms with Crippen LogP contribution >= 0.6 is 0 Å². The van der Waals surface area contributed by atoms with Gasteiger partial charge in [0.05, 0.1) is 11.4 Å². The quantitative estimate of drug-likeness (QED) is 0.719. The summed E-state index contributed by atoms with van der Waals surface area (Å²) >= 11 is 0. The minimum Gasteiger partial charge on any atom is -0.368 e. The molecule has 1 saturated heterocycles. The molecule has 0 saturated carbocycles. The molecule has 4 rings (SSSR count). The summed E-state index contributed by atoms with van der Waals surface area (Å²) in [6.45, 7) is 4.18. The largest absolute Gasteiger partial charge is 0.368 e. The zero-order chi connectivity index (χ0) is 21.1. The van der Waals surface area contributed by atoms with Gasteiger partial charge in [-0.2, -0.15) is 0 Å². The van der Waals surface area contributed by atoms with Gasteiger partial charge in [-0.3, -0.25) is 9.10 Å². The number of carbonyl (C=O) groups is 1. The Bertz CT molecular complexity index is 1020. The number of anilines is 2. The van der Waals surface area contributed by atoms with Crippen molar-refractivity contribution >= 4 is 27.3 Å². The van der Waals surface area contributed by atoms with Crippen molar-refractivity contribution in [3.8, 4) is 0 Å². The van der Waals surface area contributed by atoms with Crippen molar-refractivity contribution in [2.75, 3.05) is 34.6 Å². The first-order valence-corrected chi connectivity index (χ1v) is 12.3. The monoisotopic (exact) mass is 427 g/mol. The molecule has 2 aliphatic rings. The van der Waals surface area contributed by atoms with Crippen molar-refractivity contribution in [3.05, 3.63) is 59.7 Å². The van der Waals surface area contributed by atoms with Gasteiger partial charge in [-0.15, -0.1) is 0 Å². The van der Waals surface area contributed by atoms with E-state index >= 15 is 0 Å². The van der Waals surface area contributed by atoms with E-state index in [1.807, 2.05) is 0 Å². The first kappa shape index (κ1) is 20.7. The molecule has 0 bridgehead atoms. The van der Waals surface area contributed by atoms with Crippen molar-refractivity contribution < 1.29 is 13.2 Å². The lowest BCUT2D eigenvalue weighted by Gasteiger charge is -2.28. The highest BCUT2D eigenvalue weighted by atomic mass is 32.2. The zero-order valence-electron chi connectivity index (χ0n) is 17.4. The lowest BCUT2D eigenvalue weighted by atomic mass is 10.1. The summed E-state index contributed by atoms with van der Waals surface area (Å²) in [6.07, 6.45) is 3.45. The molecule has 2 aromatic carbocycles. The lowest BCUT2D eigenvalue weighted by Crippen LogP contribution is -2.38. The second-order valence-electron chi connectivity index (χ2n) is 8.13. The van der Waals surface area contributed by atoms with Gasteiger partial charge in [-0.1, -0.05) is 24.3 Å². The Labute approximate surface area is 178 Å². The molecule has 0 unspecified atom stereocenters. The van der Waals surface area contributed by atoms with Crippen molar-refractivity contribution in [2.24, 2.45) is 0 Å². The number of para-hydroxylation sites is 1. The molecule has 0 spiro atoms. The Kier molecular flexibility index (Phi) is 5.99. The molecule has 0 radical (unpaired) electrons. The maximum atomic E-state index is 12.6. The molecular formula is C23H29N3O3S. The van der Waals surface area contributed by atoms with Crippen LogP contribution in [0.2, 0.25) is 0 Å². The van der Waals surface area contributed by atoms with E-state index in [2.05, 4.69) is 41.4 Å². The van der Waals surface area contributed by atoms with E-state index in [1.165, 1.54) is 15.6 Å². The van der Waals surface area contributed by atoms with Gasteiger partial charge in [0.1, 0.15) is 0 Å². The summed E-state index contributed by atoms with van der Waals surface area (Å²) < 4.78 is 26.1. The van der Waals surface area contributed by atoms with Crippen LogP contribution in [0, 0.1) is 0 Å². The molecule has 0 aromatic heterocycles. The molecular weight excluding hydrogens is 398 g/mol. The van der Waals surface area contributed by atoms with Crippen molar-refractivity contribution in [1.82, 2.24) is 5.32 Å². The van der Waals surface area contributed by atoms with Gasteiger partial charge in [0.2, 0.25) is 10.0 Å². The van der Waals surface area contributed by atoms with Gasteiger partial charge in [0.25, 0.3) is 5.91 Å². The van der Waals surface area contributed by atoms with Crippen LogP contribution in [0.5, 0.6) is 0 Å². The van der Waals surface area contributed by atoms with Crippen molar-refractivity contribution in [3.63, 3.8) is 0 Å². The third kappa shape index (κ3) is 4.31. The second-order valence-corrected chi connectivity index (χ2v) is 10.1. The van der Waals surface area contributed by atoms with Crippen LogP contribution in [0.15, 0.2) is 48.5 Å². The van der Waals surface area contributed by atoms with Gasteiger partial charge >= 0.3 is 0 Å². The molecule has 7 heteroatoms. The van der Waals surface area contributed by atoms with E-state index in [4.69, 9.17) is 0 Å². The second kappa shape index (κ2) is 8.68. The molecule has 6 nitrogen and oxygen atoms in total. The van der Waals surface area contributed by atoms with Gasteiger partial charge in [-0.05, 0) is 62.4 Å². The molecule has 30 heavy (non-hydrogen) atoms. The Morgan fingerprint density at radius 3 is 2.80 bits per heavy atom. The number of nitrogens with one attached hydrogen (secondary N) is 1. The number of sulfonamides is 1. The maximum Gasteiger partial charge on any atom is 0.251 e. The molecule has 0 aliphatic carbocycles. The van der Waals surface area contributed by atoms with Crippen molar-refractivity contribution in [1.29, 1.82) is 0 Å². The Hall–Kier alpha value is -2.54. The summed E-state index contributed by atoms with van der Waals surface area (Å²) in [5.74, 6) is 0.00251. The predicted octanol–water partition coefficient (Wildman–Crippen LogP) is 3.19. The zero-order valence-corrected chi connectivity index (χ0v) is 18.2. The maximum absolute atomic E-state index is 12.6. The molecule has 2 aliphatic heterocycles. The molecule has 1 amide bonds. The number of hydrogen-bond acceptors (Lipinski definition) is 4. The number of amides is 1. The fourth-order valence-electron chi connectivity index (χ4n) is 4.40. The number of benzene rings is 2. The third-order valence-electron chi connectivity index (χ3n) is 5.96. The van der Waals surface area contributed by atoms with E-state index in [0.29, 0.717) is 36.8 Å². The standard InChI is InChI=1S/C23H29N3O3S/c1-18-16-19-8-2-3-11-22(19)25(18)13-7-12-24-23(27)20-9-6-10-21(17-20)26-14-4-5-15-30(26,28)29/h2-3,6,8-11,17-18H,4-5,7,12-16H2,1H3,(H,24,27)/t18-/m0/s1. The van der Waals surface area contributed by atoms with Gasteiger partial charge in [-0.25, -0.2) is 8.42 Å². The van der Waals surface area contributed by atoms with E-state index in [9.17, 15) is 13.2 Å². The molecule has 2 heterocycles. The van der Waals surface area contributed by atoms with Gasteiger partial charge in [0.15, 0.2) is 0 Å². The topological polar surface area (TPSA) is 69.7 Å². The summed E-state index contributed by atoms with van der Waals surface area (Å²) in [7, 11) is -3.28. The Morgan fingerprint density at radius 2 is 1.97 bits per heavy atom. The number of rotatable bonds is 6. The predicted molar refractivity (Wildman–Crippen MR) is 121 cm³/mol. The van der Waals surface area contributed by atoms with E-state index < -0.39 is 10.0 Å². The number of carbonyl (C=O) groups excluding carboxylic acids is 1. The summed E-state index contributed by atoms with van der Waals surface area (Å²) in [5, 5.41) is 2.98. The highest BCUT2D eigenvalue weighted by Gasteiger charge is 2.27. The highest BCUT2D eigenvalue weighted by molar-refractivity contribution is 7.92. The number of hydrogen-bond donors (Lipinski definition) is 1. The summed E-state index contributed by atoms with van der Waals surface area (Å²) in [6, 6.07) is 15.9. The number of fused-ring (bicyclic) bond motifs is 1. The fourth-order valence-corrected chi connectivity index (χ4v) is 6.04. The first-order valence-electron chi connectivity index (χ1n) is 10.7. The SMILES string of the molecule is C[C@H]1Cc2ccccc2N1CCCNC(=O)c1cccc(N2CCCCS2(=O)=O)c1. The third-order valence-corrected chi connectivity index (χ3v) is 7.82. The van der Waals surface area contributed by atoms with Crippen LogP contribution in [-0.2, 0) is 16.4 Å². The minimum atomic E-state index is -3.28. The smallest absolute Gasteiger partial charge is 0.251 e. The normalized spacial score (nSPS) is 20.1. The van der Waals surface area contributed by atoms with Crippen LogP contribution in [0.3, 0.4) is 0 Å². The van der Waals surface area contributed by atoms with E-state index in [-0.39, 0.29) is 11.7 Å². The van der Waals surface area contributed by atoms with Crippen LogP contribution in [0.4, 0.5) is 11.4 Å². The number of nitrogens with zero attached hydrogens (tertiary/aromatic N) is 2. The summed E-state index contributed by atoms with van der Waals surface area (Å²) in [5.41, 5.74) is 3.75. The first-order chi connectivity index (χ1) is 14.5. The van der Waals surface area contributed by atoms with E-state index in [1.54, 1.807) is 24.3 Å². The molecule has 160 valence electrons. The molecule has 1 atom stereocenters.